The lowest BCUT2D eigenvalue weighted by Crippen LogP contribution is -2.42. The van der Waals surface area contributed by atoms with Gasteiger partial charge in [0.05, 0.1) is 18.6 Å². The van der Waals surface area contributed by atoms with Gasteiger partial charge in [0.2, 0.25) is 0 Å². The van der Waals surface area contributed by atoms with Crippen LogP contribution >= 0.6 is 0 Å². The molecule has 1 unspecified atom stereocenters. The van der Waals surface area contributed by atoms with E-state index in [1.54, 1.807) is 31.4 Å². The van der Waals surface area contributed by atoms with Crippen molar-refractivity contribution in [1.82, 2.24) is 5.32 Å². The van der Waals surface area contributed by atoms with Gasteiger partial charge in [-0.3, -0.25) is 9.59 Å². The maximum atomic E-state index is 11.8. The first-order valence-corrected chi connectivity index (χ1v) is 6.14. The summed E-state index contributed by atoms with van der Waals surface area (Å²) in [5.41, 5.74) is -0.0878. The first kappa shape index (κ1) is 16.1. The van der Waals surface area contributed by atoms with E-state index in [0.29, 0.717) is 12.2 Å². The van der Waals surface area contributed by atoms with Crippen LogP contribution in [0.25, 0.3) is 0 Å². The molecule has 110 valence electrons. The minimum absolute atomic E-state index is 0.127. The molecule has 6 heteroatoms. The number of carboxylic acids is 1. The fraction of sp³-hybridized carbons (Fsp3) is 0.429. The van der Waals surface area contributed by atoms with Crippen LogP contribution in [0.3, 0.4) is 0 Å². The average Bonchev–Trinajstić information content (AvgIpc) is 2.36. The van der Waals surface area contributed by atoms with Gasteiger partial charge in [-0.05, 0) is 24.6 Å². The van der Waals surface area contributed by atoms with Gasteiger partial charge in [0.1, 0.15) is 0 Å². The SMILES string of the molecule is COCc1ccc(C(=O)NCC(C)(O)CC(=O)O)cc1. The number of aliphatic carboxylic acids is 1. The maximum absolute atomic E-state index is 11.8. The molecular formula is C14H19NO5. The fourth-order valence-electron chi connectivity index (χ4n) is 1.68. The average molecular weight is 281 g/mol. The van der Waals surface area contributed by atoms with Crippen molar-refractivity contribution in [3.63, 3.8) is 0 Å². The van der Waals surface area contributed by atoms with Gasteiger partial charge in [-0.2, -0.15) is 0 Å². The van der Waals surface area contributed by atoms with Crippen molar-refractivity contribution in [3.05, 3.63) is 35.4 Å². The number of benzene rings is 1. The van der Waals surface area contributed by atoms with Crippen LogP contribution in [0.4, 0.5) is 0 Å². The van der Waals surface area contributed by atoms with E-state index < -0.39 is 18.0 Å². The third-order valence-electron chi connectivity index (χ3n) is 2.69. The molecule has 20 heavy (non-hydrogen) atoms. The smallest absolute Gasteiger partial charge is 0.306 e. The number of ether oxygens (including phenoxy) is 1. The zero-order valence-corrected chi connectivity index (χ0v) is 11.5. The minimum Gasteiger partial charge on any atom is -0.481 e. The highest BCUT2D eigenvalue weighted by molar-refractivity contribution is 5.94. The van der Waals surface area contributed by atoms with Gasteiger partial charge >= 0.3 is 5.97 Å². The Morgan fingerprint density at radius 3 is 2.40 bits per heavy atom. The summed E-state index contributed by atoms with van der Waals surface area (Å²) in [7, 11) is 1.59. The molecule has 1 atom stereocenters. The highest BCUT2D eigenvalue weighted by Gasteiger charge is 2.24. The standard InChI is InChI=1S/C14H19NO5/c1-14(19,7-12(16)17)9-15-13(18)11-5-3-10(4-6-11)8-20-2/h3-6,19H,7-9H2,1-2H3,(H,15,18)(H,16,17). The van der Waals surface area contributed by atoms with Crippen LogP contribution in [0.2, 0.25) is 0 Å². The molecule has 0 aliphatic rings. The molecule has 6 nitrogen and oxygen atoms in total. The molecule has 0 fully saturated rings. The van der Waals surface area contributed by atoms with Crippen molar-refractivity contribution >= 4 is 11.9 Å². The van der Waals surface area contributed by atoms with Crippen LogP contribution in [0.15, 0.2) is 24.3 Å². The number of aliphatic hydroxyl groups is 1. The Hall–Kier alpha value is -1.92. The second-order valence-electron chi connectivity index (χ2n) is 4.88. The molecule has 0 spiro atoms. The molecule has 3 N–H and O–H groups in total. The lowest BCUT2D eigenvalue weighted by molar-refractivity contribution is -0.141. The predicted octanol–water partition coefficient (Wildman–Crippen LogP) is 0.788. The number of carboxylic acid groups (broad SMARTS) is 1. The predicted molar refractivity (Wildman–Crippen MR) is 72.4 cm³/mol. The van der Waals surface area contributed by atoms with Crippen LogP contribution in [-0.4, -0.2) is 41.3 Å². The monoisotopic (exact) mass is 281 g/mol. The summed E-state index contributed by atoms with van der Waals surface area (Å²) in [5, 5.41) is 20.9. The van der Waals surface area contributed by atoms with E-state index in [4.69, 9.17) is 9.84 Å². The fourth-order valence-corrected chi connectivity index (χ4v) is 1.68. The minimum atomic E-state index is -1.47. The van der Waals surface area contributed by atoms with E-state index in [1.807, 2.05) is 0 Å². The van der Waals surface area contributed by atoms with Crippen LogP contribution in [0, 0.1) is 0 Å². The van der Waals surface area contributed by atoms with E-state index in [2.05, 4.69) is 5.32 Å². The van der Waals surface area contributed by atoms with Gasteiger partial charge in [0, 0.05) is 19.2 Å². The van der Waals surface area contributed by atoms with Crippen molar-refractivity contribution in [2.75, 3.05) is 13.7 Å². The summed E-state index contributed by atoms with van der Waals surface area (Å²) in [6, 6.07) is 6.84. The van der Waals surface area contributed by atoms with Gasteiger partial charge in [0.15, 0.2) is 0 Å². The second kappa shape index (κ2) is 7.02. The lowest BCUT2D eigenvalue weighted by atomic mass is 10.0. The molecule has 0 heterocycles. The first-order chi connectivity index (χ1) is 9.34. The van der Waals surface area contributed by atoms with Crippen LogP contribution < -0.4 is 5.32 Å². The molecule has 1 rings (SSSR count). The Balaban J connectivity index is 2.56. The van der Waals surface area contributed by atoms with Crippen molar-refractivity contribution in [2.24, 2.45) is 0 Å². The summed E-state index contributed by atoms with van der Waals surface area (Å²) in [6.07, 6.45) is -0.430. The summed E-state index contributed by atoms with van der Waals surface area (Å²) >= 11 is 0. The lowest BCUT2D eigenvalue weighted by Gasteiger charge is -2.21. The van der Waals surface area contributed by atoms with Gasteiger partial charge in [-0.15, -0.1) is 0 Å². The number of carbonyl (C=O) groups is 2. The number of carbonyl (C=O) groups excluding carboxylic acids is 1. The summed E-state index contributed by atoms with van der Waals surface area (Å²) in [6.45, 7) is 1.70. The Kier molecular flexibility index (Phi) is 5.66. The quantitative estimate of drug-likeness (QED) is 0.686. The zero-order valence-electron chi connectivity index (χ0n) is 11.5. The highest BCUT2D eigenvalue weighted by Crippen LogP contribution is 2.09. The Bertz CT molecular complexity index is 467. The molecule has 0 bridgehead atoms. The van der Waals surface area contributed by atoms with E-state index in [0.717, 1.165) is 5.56 Å². The Morgan fingerprint density at radius 2 is 1.90 bits per heavy atom. The number of rotatable bonds is 7. The molecular weight excluding hydrogens is 262 g/mol. The molecule has 1 amide bonds. The number of nitrogens with one attached hydrogen (secondary N) is 1. The van der Waals surface area contributed by atoms with Gasteiger partial charge in [0.25, 0.3) is 5.91 Å². The third kappa shape index (κ3) is 5.38. The molecule has 0 aliphatic heterocycles. The number of methoxy groups -OCH3 is 1. The molecule has 0 saturated heterocycles. The van der Waals surface area contributed by atoms with Gasteiger partial charge in [-0.1, -0.05) is 12.1 Å². The van der Waals surface area contributed by atoms with Crippen molar-refractivity contribution in [1.29, 1.82) is 0 Å². The molecule has 1 aromatic rings. The summed E-state index contributed by atoms with van der Waals surface area (Å²) in [5.74, 6) is -1.48. The van der Waals surface area contributed by atoms with E-state index in [9.17, 15) is 14.7 Å². The number of hydrogen-bond acceptors (Lipinski definition) is 4. The normalized spacial score (nSPS) is 13.6. The molecule has 1 aromatic carbocycles. The maximum Gasteiger partial charge on any atom is 0.306 e. The van der Waals surface area contributed by atoms with Crippen LogP contribution in [0.1, 0.15) is 29.3 Å². The van der Waals surface area contributed by atoms with Crippen molar-refractivity contribution in [2.45, 2.75) is 25.6 Å². The van der Waals surface area contributed by atoms with E-state index in [-0.39, 0.29) is 12.5 Å². The molecule has 0 saturated carbocycles. The third-order valence-corrected chi connectivity index (χ3v) is 2.69. The van der Waals surface area contributed by atoms with E-state index in [1.165, 1.54) is 6.92 Å². The highest BCUT2D eigenvalue weighted by atomic mass is 16.5. The van der Waals surface area contributed by atoms with Crippen molar-refractivity contribution in [3.8, 4) is 0 Å². The number of hydrogen-bond donors (Lipinski definition) is 3. The van der Waals surface area contributed by atoms with E-state index >= 15 is 0 Å². The molecule has 0 aromatic heterocycles. The zero-order chi connectivity index (χ0) is 15.2. The summed E-state index contributed by atoms with van der Waals surface area (Å²) < 4.78 is 4.97. The largest absolute Gasteiger partial charge is 0.481 e. The number of amides is 1. The summed E-state index contributed by atoms with van der Waals surface area (Å²) in [4.78, 5) is 22.4. The molecule has 0 aliphatic carbocycles. The van der Waals surface area contributed by atoms with Crippen molar-refractivity contribution < 1.29 is 24.5 Å². The topological polar surface area (TPSA) is 95.9 Å². The first-order valence-electron chi connectivity index (χ1n) is 6.14. The van der Waals surface area contributed by atoms with Gasteiger partial charge in [-0.25, -0.2) is 0 Å². The second-order valence-corrected chi connectivity index (χ2v) is 4.88. The molecule has 0 radical (unpaired) electrons. The Morgan fingerprint density at radius 1 is 1.30 bits per heavy atom. The Labute approximate surface area is 117 Å². The van der Waals surface area contributed by atoms with Crippen LogP contribution in [0.5, 0.6) is 0 Å². The van der Waals surface area contributed by atoms with Crippen LogP contribution in [-0.2, 0) is 16.1 Å². The van der Waals surface area contributed by atoms with Gasteiger partial charge < -0.3 is 20.3 Å².